The van der Waals surface area contributed by atoms with Crippen molar-refractivity contribution in [2.75, 3.05) is 40.8 Å². The number of carbonyl (C=O) groups is 1. The van der Waals surface area contributed by atoms with Crippen molar-refractivity contribution in [2.24, 2.45) is 0 Å². The number of rotatable bonds is 13. The summed E-state index contributed by atoms with van der Waals surface area (Å²) in [7, 11) is 2.90. The first kappa shape index (κ1) is 29.4. The molecule has 0 bridgehead atoms. The smallest absolute Gasteiger partial charge is 0.343 e. The average molecular weight is 570 g/mol. The van der Waals surface area contributed by atoms with Gasteiger partial charge in [0.15, 0.2) is 23.0 Å². The monoisotopic (exact) mass is 569 g/mol. The summed E-state index contributed by atoms with van der Waals surface area (Å²) in [5, 5.41) is 13.7. The molecule has 2 heterocycles. The molecule has 0 radical (unpaired) electrons. The van der Waals surface area contributed by atoms with E-state index in [1.165, 1.54) is 20.3 Å². The summed E-state index contributed by atoms with van der Waals surface area (Å²) in [6.07, 6.45) is 0.329. The molecule has 1 amide bonds. The second kappa shape index (κ2) is 13.2. The lowest BCUT2D eigenvalue weighted by atomic mass is 9.87. The maximum atomic E-state index is 13.3. The van der Waals surface area contributed by atoms with Gasteiger partial charge in [0.25, 0.3) is 0 Å². The van der Waals surface area contributed by atoms with Crippen molar-refractivity contribution in [1.29, 1.82) is 0 Å². The van der Waals surface area contributed by atoms with Gasteiger partial charge in [-0.05, 0) is 51.0 Å². The van der Waals surface area contributed by atoms with Crippen LogP contribution in [0.3, 0.4) is 0 Å². The van der Waals surface area contributed by atoms with E-state index >= 15 is 0 Å². The highest BCUT2D eigenvalue weighted by molar-refractivity contribution is 5.78. The normalized spacial score (nSPS) is 12.5. The van der Waals surface area contributed by atoms with Gasteiger partial charge < -0.3 is 43.3 Å². The summed E-state index contributed by atoms with van der Waals surface area (Å²) in [6, 6.07) is 8.60. The lowest BCUT2D eigenvalue weighted by Crippen LogP contribution is -2.29. The largest absolute Gasteiger partial charge is 0.507 e. The van der Waals surface area contributed by atoms with Crippen LogP contribution in [-0.4, -0.2) is 51.8 Å². The average Bonchev–Trinajstić information content (AvgIpc) is 3.43. The number of hydrogen-bond acceptors (Lipinski definition) is 10. The molecular weight excluding hydrogens is 534 g/mol. The number of fused-ring (bicyclic) bond motifs is 1. The van der Waals surface area contributed by atoms with Crippen molar-refractivity contribution in [3.63, 3.8) is 0 Å². The summed E-state index contributed by atoms with van der Waals surface area (Å²) in [5.41, 5.74) is 0.491. The molecule has 0 aliphatic carbocycles. The number of nitrogens with one attached hydrogen (secondary N) is 1. The Morgan fingerprint density at radius 1 is 1.00 bits per heavy atom. The standard InChI is InChI=1S/C30H35NO10/c1-6-37-22-9-8-18(13-23(22)38-7-2)10-11-31-25(33)15-19(26-21(32)12-17(3)41-30(26)34)20-14-24(35-4)28-29(27(20)36-5)40-16-39-28/h8-9,12-14,19,32H,6-7,10-11,15-16H2,1-5H3,(H,31,33)/t19-/m0/s1. The zero-order valence-corrected chi connectivity index (χ0v) is 23.8. The second-order valence-corrected chi connectivity index (χ2v) is 9.21. The molecule has 1 aromatic heterocycles. The topological polar surface area (TPSA) is 135 Å². The molecule has 0 unspecified atom stereocenters. The number of ether oxygens (including phenoxy) is 6. The van der Waals surface area contributed by atoms with Gasteiger partial charge in [-0.1, -0.05) is 6.07 Å². The van der Waals surface area contributed by atoms with Gasteiger partial charge in [-0.15, -0.1) is 0 Å². The quantitative estimate of drug-likeness (QED) is 0.310. The van der Waals surface area contributed by atoms with Crippen LogP contribution in [0.4, 0.5) is 0 Å². The zero-order valence-electron chi connectivity index (χ0n) is 23.8. The van der Waals surface area contributed by atoms with E-state index in [1.807, 2.05) is 32.0 Å². The fraction of sp³-hybridized carbons (Fsp3) is 0.400. The molecule has 0 saturated carbocycles. The fourth-order valence-corrected chi connectivity index (χ4v) is 4.80. The van der Waals surface area contributed by atoms with Gasteiger partial charge in [0.05, 0.1) is 33.0 Å². The van der Waals surface area contributed by atoms with E-state index in [4.69, 9.17) is 32.8 Å². The third kappa shape index (κ3) is 6.45. The van der Waals surface area contributed by atoms with Crippen molar-refractivity contribution in [2.45, 2.75) is 39.5 Å². The molecule has 1 aliphatic heterocycles. The Morgan fingerprint density at radius 2 is 1.73 bits per heavy atom. The van der Waals surface area contributed by atoms with Crippen LogP contribution >= 0.6 is 0 Å². The molecule has 0 fully saturated rings. The van der Waals surface area contributed by atoms with Crippen LogP contribution in [0.1, 0.15) is 48.6 Å². The molecule has 0 saturated heterocycles. The number of carbonyl (C=O) groups excluding carboxylic acids is 1. The maximum absolute atomic E-state index is 13.3. The van der Waals surface area contributed by atoms with E-state index in [0.29, 0.717) is 54.7 Å². The number of benzene rings is 2. The molecule has 0 spiro atoms. The highest BCUT2D eigenvalue weighted by Gasteiger charge is 2.34. The van der Waals surface area contributed by atoms with Gasteiger partial charge in [0, 0.05) is 30.5 Å². The van der Waals surface area contributed by atoms with Gasteiger partial charge in [-0.2, -0.15) is 0 Å². The van der Waals surface area contributed by atoms with Crippen molar-refractivity contribution in [3.8, 4) is 40.2 Å². The summed E-state index contributed by atoms with van der Waals surface area (Å²) < 4.78 is 38.9. The Balaban J connectivity index is 1.61. The first-order valence-electron chi connectivity index (χ1n) is 13.3. The van der Waals surface area contributed by atoms with E-state index < -0.39 is 11.5 Å². The van der Waals surface area contributed by atoms with E-state index in [1.54, 1.807) is 13.0 Å². The predicted octanol–water partition coefficient (Wildman–Crippen LogP) is 4.08. The first-order chi connectivity index (χ1) is 19.8. The van der Waals surface area contributed by atoms with Crippen LogP contribution in [0.5, 0.6) is 40.2 Å². The predicted molar refractivity (Wildman–Crippen MR) is 149 cm³/mol. The number of amides is 1. The minimum Gasteiger partial charge on any atom is -0.507 e. The van der Waals surface area contributed by atoms with E-state index in [2.05, 4.69) is 5.32 Å². The maximum Gasteiger partial charge on any atom is 0.343 e. The molecule has 220 valence electrons. The Morgan fingerprint density at radius 3 is 2.41 bits per heavy atom. The lowest BCUT2D eigenvalue weighted by Gasteiger charge is -2.22. The van der Waals surface area contributed by atoms with Crippen LogP contribution in [-0.2, 0) is 11.2 Å². The van der Waals surface area contributed by atoms with Gasteiger partial charge in [0.1, 0.15) is 11.5 Å². The van der Waals surface area contributed by atoms with Gasteiger partial charge in [-0.3, -0.25) is 4.79 Å². The van der Waals surface area contributed by atoms with Crippen molar-refractivity contribution in [3.05, 3.63) is 63.2 Å². The van der Waals surface area contributed by atoms with E-state index in [-0.39, 0.29) is 47.7 Å². The van der Waals surface area contributed by atoms with Gasteiger partial charge in [0.2, 0.25) is 24.2 Å². The van der Waals surface area contributed by atoms with Crippen molar-refractivity contribution < 1.29 is 42.7 Å². The Kier molecular flexibility index (Phi) is 9.49. The molecule has 4 rings (SSSR count). The summed E-state index contributed by atoms with van der Waals surface area (Å²) in [5.74, 6) is 1.14. The molecule has 1 atom stereocenters. The van der Waals surface area contributed by atoms with E-state index in [9.17, 15) is 14.7 Å². The second-order valence-electron chi connectivity index (χ2n) is 9.21. The van der Waals surface area contributed by atoms with Crippen LogP contribution in [0.2, 0.25) is 0 Å². The number of aryl methyl sites for hydroxylation is 1. The zero-order chi connectivity index (χ0) is 29.5. The molecule has 3 aromatic rings. The molecule has 41 heavy (non-hydrogen) atoms. The van der Waals surface area contributed by atoms with Gasteiger partial charge in [-0.25, -0.2) is 4.79 Å². The highest BCUT2D eigenvalue weighted by Crippen LogP contribution is 2.52. The van der Waals surface area contributed by atoms with Crippen LogP contribution < -0.4 is 39.4 Å². The Bertz CT molecular complexity index is 1450. The highest BCUT2D eigenvalue weighted by atomic mass is 16.7. The molecule has 11 nitrogen and oxygen atoms in total. The van der Waals surface area contributed by atoms with E-state index in [0.717, 1.165) is 5.56 Å². The summed E-state index contributed by atoms with van der Waals surface area (Å²) in [6.45, 7) is 6.64. The molecule has 11 heteroatoms. The third-order valence-corrected chi connectivity index (χ3v) is 6.56. The summed E-state index contributed by atoms with van der Waals surface area (Å²) in [4.78, 5) is 26.3. The third-order valence-electron chi connectivity index (χ3n) is 6.56. The lowest BCUT2D eigenvalue weighted by molar-refractivity contribution is -0.121. The minimum absolute atomic E-state index is 0.0505. The molecule has 2 N–H and O–H groups in total. The van der Waals surface area contributed by atoms with Gasteiger partial charge >= 0.3 is 5.63 Å². The fourth-order valence-electron chi connectivity index (χ4n) is 4.80. The van der Waals surface area contributed by atoms with Crippen LogP contribution in [0.25, 0.3) is 0 Å². The molecular formula is C30H35NO10. The molecule has 1 aliphatic rings. The first-order valence-corrected chi connectivity index (χ1v) is 13.3. The number of aromatic hydroxyl groups is 1. The van der Waals surface area contributed by atoms with Crippen molar-refractivity contribution in [1.82, 2.24) is 5.32 Å². The molecule has 2 aromatic carbocycles. The Hall–Kier alpha value is -4.54. The SMILES string of the molecule is CCOc1ccc(CCNC(=O)C[C@@H](c2cc(OC)c3c(c2OC)OCO3)c2c(O)cc(C)oc2=O)cc1OCC. The van der Waals surface area contributed by atoms with Crippen molar-refractivity contribution >= 4 is 5.91 Å². The number of methoxy groups -OCH3 is 2. The van der Waals surface area contributed by atoms with Crippen LogP contribution in [0.15, 0.2) is 39.5 Å². The van der Waals surface area contributed by atoms with Crippen LogP contribution in [0, 0.1) is 6.92 Å². The minimum atomic E-state index is -0.958. The summed E-state index contributed by atoms with van der Waals surface area (Å²) >= 11 is 0. The Labute approximate surface area is 237 Å². The number of hydrogen-bond donors (Lipinski definition) is 2.